The first-order valence-electron chi connectivity index (χ1n) is 9.18. The first-order valence-corrected chi connectivity index (χ1v) is 9.18. The lowest BCUT2D eigenvalue weighted by atomic mass is 9.87. The molecule has 0 radical (unpaired) electrons. The highest BCUT2D eigenvalue weighted by Crippen LogP contribution is 2.47. The van der Waals surface area contributed by atoms with E-state index in [2.05, 4.69) is 0 Å². The van der Waals surface area contributed by atoms with Crippen molar-refractivity contribution >= 4 is 11.7 Å². The number of hydrogen-bond acceptors (Lipinski definition) is 2. The van der Waals surface area contributed by atoms with Crippen LogP contribution in [0, 0.1) is 0 Å². The SMILES string of the molecule is CC(C)(C)OC(=O)N1C2C=C(c3c(C(F)(F)F)cccc3C(F)(F)F)CC1CC2. The second kappa shape index (κ2) is 6.95. The zero-order valence-corrected chi connectivity index (χ0v) is 16.1. The number of alkyl halides is 6. The average molecular weight is 421 g/mol. The maximum atomic E-state index is 13.5. The third-order valence-corrected chi connectivity index (χ3v) is 5.00. The van der Waals surface area contributed by atoms with Gasteiger partial charge in [0, 0.05) is 11.6 Å². The first kappa shape index (κ1) is 21.5. The van der Waals surface area contributed by atoms with E-state index in [9.17, 15) is 31.1 Å². The number of hydrogen-bond donors (Lipinski definition) is 0. The monoisotopic (exact) mass is 421 g/mol. The Morgan fingerprint density at radius 1 is 1.00 bits per heavy atom. The normalized spacial score (nSPS) is 22.5. The lowest BCUT2D eigenvalue weighted by molar-refractivity contribution is -0.143. The summed E-state index contributed by atoms with van der Waals surface area (Å²) in [5.41, 5.74) is -4.26. The van der Waals surface area contributed by atoms with Gasteiger partial charge in [-0.25, -0.2) is 4.79 Å². The van der Waals surface area contributed by atoms with Gasteiger partial charge in [0.2, 0.25) is 0 Å². The van der Waals surface area contributed by atoms with Crippen molar-refractivity contribution in [3.05, 3.63) is 41.0 Å². The van der Waals surface area contributed by atoms with Crippen LogP contribution in [0.5, 0.6) is 0 Å². The molecular formula is C20H21F6NO2. The number of carbonyl (C=O) groups excluding carboxylic acids is 1. The molecule has 1 amide bonds. The van der Waals surface area contributed by atoms with Gasteiger partial charge in [-0.1, -0.05) is 12.1 Å². The van der Waals surface area contributed by atoms with Gasteiger partial charge < -0.3 is 4.74 Å². The summed E-state index contributed by atoms with van der Waals surface area (Å²) in [4.78, 5) is 13.9. The number of nitrogens with zero attached hydrogens (tertiary/aromatic N) is 1. The number of benzene rings is 1. The molecule has 2 unspecified atom stereocenters. The van der Waals surface area contributed by atoms with E-state index in [-0.39, 0.29) is 12.0 Å². The second-order valence-electron chi connectivity index (χ2n) is 8.31. The van der Waals surface area contributed by atoms with Crippen molar-refractivity contribution in [2.24, 2.45) is 0 Å². The zero-order chi connectivity index (χ0) is 21.8. The van der Waals surface area contributed by atoms with Gasteiger partial charge in [-0.05, 0) is 57.7 Å². The molecule has 1 aromatic carbocycles. The molecule has 0 spiro atoms. The van der Waals surface area contributed by atoms with E-state index in [1.165, 1.54) is 11.0 Å². The standard InChI is InChI=1S/C20H21F6NO2/c1-18(2,3)29-17(28)27-12-7-8-13(27)10-11(9-12)16-14(19(21,22)23)5-4-6-15(16)20(24,25)26/h4-6,9,12-13H,7-8,10H2,1-3H3. The van der Waals surface area contributed by atoms with Crippen molar-refractivity contribution in [1.29, 1.82) is 0 Å². The third kappa shape index (κ3) is 4.38. The molecule has 0 aliphatic carbocycles. The summed E-state index contributed by atoms with van der Waals surface area (Å²) in [6, 6.07) is 0.986. The minimum atomic E-state index is -4.93. The molecule has 0 aromatic heterocycles. The minimum Gasteiger partial charge on any atom is -0.444 e. The van der Waals surface area contributed by atoms with E-state index < -0.39 is 52.8 Å². The van der Waals surface area contributed by atoms with Crippen LogP contribution in [-0.2, 0) is 17.1 Å². The molecule has 0 N–H and O–H groups in total. The molecule has 29 heavy (non-hydrogen) atoms. The number of rotatable bonds is 1. The van der Waals surface area contributed by atoms with Crippen molar-refractivity contribution in [2.75, 3.05) is 0 Å². The molecule has 3 nitrogen and oxygen atoms in total. The van der Waals surface area contributed by atoms with E-state index >= 15 is 0 Å². The van der Waals surface area contributed by atoms with E-state index in [1.807, 2.05) is 0 Å². The van der Waals surface area contributed by atoms with E-state index in [4.69, 9.17) is 4.74 Å². The lowest BCUT2D eigenvalue weighted by Crippen LogP contribution is -2.45. The van der Waals surface area contributed by atoms with E-state index in [1.54, 1.807) is 20.8 Å². The number of fused-ring (bicyclic) bond motifs is 2. The number of carbonyl (C=O) groups is 1. The Morgan fingerprint density at radius 3 is 2.00 bits per heavy atom. The Labute approximate surface area is 164 Å². The summed E-state index contributed by atoms with van der Waals surface area (Å²) in [7, 11) is 0. The fourth-order valence-electron chi connectivity index (χ4n) is 3.99. The van der Waals surface area contributed by atoms with Crippen molar-refractivity contribution in [3.63, 3.8) is 0 Å². The van der Waals surface area contributed by atoms with Crippen LogP contribution in [0.25, 0.3) is 5.57 Å². The van der Waals surface area contributed by atoms with Gasteiger partial charge in [-0.2, -0.15) is 26.3 Å². The summed E-state index contributed by atoms with van der Waals surface area (Å²) in [5, 5.41) is 0. The topological polar surface area (TPSA) is 29.5 Å². The Kier molecular flexibility index (Phi) is 5.16. The van der Waals surface area contributed by atoms with E-state index in [0.717, 1.165) is 6.07 Å². The van der Waals surface area contributed by atoms with Gasteiger partial charge in [-0.3, -0.25) is 4.90 Å². The maximum Gasteiger partial charge on any atom is 0.417 e. The highest BCUT2D eigenvalue weighted by molar-refractivity contribution is 5.78. The number of halogens is 6. The first-order chi connectivity index (χ1) is 13.2. The van der Waals surface area contributed by atoms with Crippen LogP contribution in [0.3, 0.4) is 0 Å². The van der Waals surface area contributed by atoms with Crippen LogP contribution in [0.2, 0.25) is 0 Å². The summed E-state index contributed by atoms with van der Waals surface area (Å²) >= 11 is 0. The Balaban J connectivity index is 2.06. The quantitative estimate of drug-likeness (QED) is 0.500. The summed E-state index contributed by atoms with van der Waals surface area (Å²) in [6.07, 6.45) is -8.26. The highest BCUT2D eigenvalue weighted by atomic mass is 19.4. The molecule has 1 aromatic rings. The highest BCUT2D eigenvalue weighted by Gasteiger charge is 2.46. The van der Waals surface area contributed by atoms with Gasteiger partial charge in [0.25, 0.3) is 0 Å². The van der Waals surface area contributed by atoms with Crippen LogP contribution in [-0.4, -0.2) is 28.7 Å². The van der Waals surface area contributed by atoms with Gasteiger partial charge in [-0.15, -0.1) is 0 Å². The number of amides is 1. The molecule has 1 saturated heterocycles. The maximum absolute atomic E-state index is 13.5. The summed E-state index contributed by atoms with van der Waals surface area (Å²) in [5.74, 6) is 0. The summed E-state index contributed by atoms with van der Waals surface area (Å²) < 4.78 is 86.3. The zero-order valence-electron chi connectivity index (χ0n) is 16.1. The van der Waals surface area contributed by atoms with E-state index in [0.29, 0.717) is 25.0 Å². The van der Waals surface area contributed by atoms with Crippen LogP contribution >= 0.6 is 0 Å². The Morgan fingerprint density at radius 2 is 1.55 bits per heavy atom. The predicted molar refractivity (Wildman–Crippen MR) is 93.9 cm³/mol. The second-order valence-corrected chi connectivity index (χ2v) is 8.31. The van der Waals surface area contributed by atoms with Gasteiger partial charge >= 0.3 is 18.4 Å². The van der Waals surface area contributed by atoms with Crippen molar-refractivity contribution in [1.82, 2.24) is 4.90 Å². The van der Waals surface area contributed by atoms with Crippen LogP contribution in [0.15, 0.2) is 24.3 Å². The molecular weight excluding hydrogens is 400 g/mol. The molecule has 2 atom stereocenters. The summed E-state index contributed by atoms with van der Waals surface area (Å²) in [6.45, 7) is 5.06. The molecule has 0 saturated carbocycles. The van der Waals surface area contributed by atoms with Gasteiger partial charge in [0.15, 0.2) is 0 Å². The molecule has 2 bridgehead atoms. The molecule has 9 heteroatoms. The van der Waals surface area contributed by atoms with Gasteiger partial charge in [0.05, 0.1) is 17.2 Å². The average Bonchev–Trinajstić information content (AvgIpc) is 2.81. The van der Waals surface area contributed by atoms with Crippen LogP contribution < -0.4 is 0 Å². The number of ether oxygens (including phenoxy) is 1. The fourth-order valence-corrected chi connectivity index (χ4v) is 3.99. The van der Waals surface area contributed by atoms with Crippen molar-refractivity contribution in [3.8, 4) is 0 Å². The van der Waals surface area contributed by atoms with Crippen LogP contribution in [0.1, 0.15) is 56.7 Å². The van der Waals surface area contributed by atoms with Crippen LogP contribution in [0.4, 0.5) is 31.1 Å². The van der Waals surface area contributed by atoms with Crippen molar-refractivity contribution in [2.45, 2.75) is 70.1 Å². The molecule has 3 rings (SSSR count). The molecule has 2 heterocycles. The molecule has 160 valence electrons. The fraction of sp³-hybridized carbons (Fsp3) is 0.550. The third-order valence-electron chi connectivity index (χ3n) is 5.00. The minimum absolute atomic E-state index is 0.0300. The smallest absolute Gasteiger partial charge is 0.417 e. The van der Waals surface area contributed by atoms with Crippen molar-refractivity contribution < 1.29 is 35.9 Å². The Bertz CT molecular complexity index is 803. The Hall–Kier alpha value is -2.19. The van der Waals surface area contributed by atoms with Gasteiger partial charge in [0.1, 0.15) is 5.60 Å². The largest absolute Gasteiger partial charge is 0.444 e. The molecule has 1 fully saturated rings. The lowest BCUT2D eigenvalue weighted by Gasteiger charge is -2.36. The molecule has 2 aliphatic heterocycles. The molecule has 2 aliphatic rings. The predicted octanol–water partition coefficient (Wildman–Crippen LogP) is 6.28.